The summed E-state index contributed by atoms with van der Waals surface area (Å²) in [5.41, 5.74) is -0.670. The monoisotopic (exact) mass is 238 g/mol. The topological polar surface area (TPSA) is 40.6 Å². The van der Waals surface area contributed by atoms with Gasteiger partial charge in [-0.1, -0.05) is 0 Å². The van der Waals surface area contributed by atoms with Gasteiger partial charge in [0.1, 0.15) is 5.41 Å². The predicted molar refractivity (Wildman–Crippen MR) is 65.4 cm³/mol. The Bertz CT molecular complexity index is 297. The van der Waals surface area contributed by atoms with Crippen LogP contribution in [0.2, 0.25) is 0 Å². The Hall–Kier alpha value is -1.06. The first-order valence-electron chi connectivity index (χ1n) is 6.74. The number of hydrogen-bond donors (Lipinski definition) is 0. The molecule has 1 aliphatic carbocycles. The van der Waals surface area contributed by atoms with Crippen LogP contribution in [0.3, 0.4) is 0 Å². The number of nitrogens with zero attached hydrogens (tertiary/aromatic N) is 2. The fourth-order valence-electron chi connectivity index (χ4n) is 2.68. The van der Waals surface area contributed by atoms with Crippen LogP contribution in [-0.4, -0.2) is 47.8 Å². The molecule has 17 heavy (non-hydrogen) atoms. The highest BCUT2D eigenvalue weighted by Crippen LogP contribution is 2.49. The third-order valence-electron chi connectivity index (χ3n) is 4.01. The van der Waals surface area contributed by atoms with Crippen LogP contribution in [0.5, 0.6) is 0 Å². The van der Waals surface area contributed by atoms with Gasteiger partial charge in [0.15, 0.2) is 0 Å². The molecule has 0 N–H and O–H groups in total. The zero-order valence-electron chi connectivity index (χ0n) is 10.9. The first-order chi connectivity index (χ1) is 8.15. The van der Waals surface area contributed by atoms with Gasteiger partial charge in [-0.3, -0.25) is 9.59 Å². The molecule has 0 aromatic heterocycles. The van der Waals surface area contributed by atoms with Gasteiger partial charge < -0.3 is 9.80 Å². The van der Waals surface area contributed by atoms with Crippen molar-refractivity contribution in [3.05, 3.63) is 0 Å². The molecule has 0 aromatic rings. The predicted octanol–water partition coefficient (Wildman–Crippen LogP) is 1.26. The lowest BCUT2D eigenvalue weighted by atomic mass is 10.0. The summed E-state index contributed by atoms with van der Waals surface area (Å²) in [5, 5.41) is 0. The maximum absolute atomic E-state index is 12.4. The van der Waals surface area contributed by atoms with E-state index in [1.54, 1.807) is 4.90 Å². The molecule has 0 bridgehead atoms. The van der Waals surface area contributed by atoms with E-state index in [-0.39, 0.29) is 11.8 Å². The fourth-order valence-corrected chi connectivity index (χ4v) is 2.68. The molecule has 0 atom stereocenters. The zero-order chi connectivity index (χ0) is 12.5. The van der Waals surface area contributed by atoms with Crippen molar-refractivity contribution in [2.75, 3.05) is 26.2 Å². The van der Waals surface area contributed by atoms with Crippen molar-refractivity contribution in [1.29, 1.82) is 0 Å². The molecule has 0 spiro atoms. The Labute approximate surface area is 103 Å². The minimum absolute atomic E-state index is 0.0550. The van der Waals surface area contributed by atoms with Crippen LogP contribution in [-0.2, 0) is 9.59 Å². The zero-order valence-corrected chi connectivity index (χ0v) is 10.9. The normalized spacial score (nSPS) is 21.4. The summed E-state index contributed by atoms with van der Waals surface area (Å²) in [4.78, 5) is 28.4. The Morgan fingerprint density at radius 1 is 1.12 bits per heavy atom. The van der Waals surface area contributed by atoms with E-state index in [2.05, 4.69) is 0 Å². The molecule has 4 nitrogen and oxygen atoms in total. The third-order valence-corrected chi connectivity index (χ3v) is 4.01. The van der Waals surface area contributed by atoms with Crippen molar-refractivity contribution < 1.29 is 9.59 Å². The molecule has 1 aliphatic heterocycles. The lowest BCUT2D eigenvalue weighted by Crippen LogP contribution is -2.46. The number of carbonyl (C=O) groups is 2. The average Bonchev–Trinajstić information content (AvgIpc) is 2.97. The molecular formula is C13H22N2O2. The number of likely N-dealkylation sites (tertiary alicyclic amines) is 1. The van der Waals surface area contributed by atoms with E-state index in [9.17, 15) is 9.59 Å². The molecule has 2 rings (SSSR count). The van der Waals surface area contributed by atoms with E-state index in [0.29, 0.717) is 13.1 Å². The summed E-state index contributed by atoms with van der Waals surface area (Å²) >= 11 is 0. The first-order valence-corrected chi connectivity index (χ1v) is 6.74. The van der Waals surface area contributed by atoms with E-state index in [4.69, 9.17) is 0 Å². The van der Waals surface area contributed by atoms with Crippen LogP contribution in [0.1, 0.15) is 39.5 Å². The van der Waals surface area contributed by atoms with E-state index >= 15 is 0 Å². The standard InChI is InChI=1S/C13H22N2O2/c1-3-14(4-2)11(16)13(7-8-13)12(17)15-9-5-6-10-15/h3-10H2,1-2H3. The molecule has 1 heterocycles. The van der Waals surface area contributed by atoms with E-state index < -0.39 is 5.41 Å². The van der Waals surface area contributed by atoms with Crippen LogP contribution in [0.15, 0.2) is 0 Å². The van der Waals surface area contributed by atoms with E-state index in [1.165, 1.54) is 0 Å². The molecule has 0 unspecified atom stereocenters. The van der Waals surface area contributed by atoms with Crippen LogP contribution in [0, 0.1) is 5.41 Å². The summed E-state index contributed by atoms with van der Waals surface area (Å²) < 4.78 is 0. The van der Waals surface area contributed by atoms with Crippen molar-refractivity contribution in [3.63, 3.8) is 0 Å². The maximum atomic E-state index is 12.4. The van der Waals surface area contributed by atoms with Crippen molar-refractivity contribution in [2.24, 2.45) is 5.41 Å². The Morgan fingerprint density at radius 3 is 2.06 bits per heavy atom. The number of hydrogen-bond acceptors (Lipinski definition) is 2. The van der Waals surface area contributed by atoms with E-state index in [0.717, 1.165) is 38.8 Å². The van der Waals surface area contributed by atoms with Crippen molar-refractivity contribution in [1.82, 2.24) is 9.80 Å². The van der Waals surface area contributed by atoms with Crippen LogP contribution in [0.4, 0.5) is 0 Å². The number of amides is 2. The molecule has 96 valence electrons. The second-order valence-corrected chi connectivity index (χ2v) is 5.06. The van der Waals surface area contributed by atoms with Crippen LogP contribution >= 0.6 is 0 Å². The van der Waals surface area contributed by atoms with Crippen molar-refractivity contribution >= 4 is 11.8 Å². The fraction of sp³-hybridized carbons (Fsp3) is 0.846. The quantitative estimate of drug-likeness (QED) is 0.692. The van der Waals surface area contributed by atoms with Gasteiger partial charge in [-0.05, 0) is 39.5 Å². The van der Waals surface area contributed by atoms with Gasteiger partial charge in [0.25, 0.3) is 0 Å². The molecule has 0 radical (unpaired) electrons. The van der Waals surface area contributed by atoms with Crippen LogP contribution < -0.4 is 0 Å². The minimum atomic E-state index is -0.670. The van der Waals surface area contributed by atoms with Gasteiger partial charge in [-0.25, -0.2) is 0 Å². The highest BCUT2D eigenvalue weighted by molar-refractivity contribution is 6.07. The van der Waals surface area contributed by atoms with Gasteiger partial charge in [0, 0.05) is 26.2 Å². The Morgan fingerprint density at radius 2 is 1.65 bits per heavy atom. The van der Waals surface area contributed by atoms with Crippen LogP contribution in [0.25, 0.3) is 0 Å². The average molecular weight is 238 g/mol. The maximum Gasteiger partial charge on any atom is 0.238 e. The second-order valence-electron chi connectivity index (χ2n) is 5.06. The lowest BCUT2D eigenvalue weighted by Gasteiger charge is -2.27. The molecule has 4 heteroatoms. The summed E-state index contributed by atoms with van der Waals surface area (Å²) in [5.74, 6) is 0.145. The highest BCUT2D eigenvalue weighted by Gasteiger charge is 2.59. The summed E-state index contributed by atoms with van der Waals surface area (Å²) in [6, 6.07) is 0. The first kappa shape index (κ1) is 12.4. The summed E-state index contributed by atoms with van der Waals surface area (Å²) in [6.45, 7) is 7.02. The highest BCUT2D eigenvalue weighted by atomic mass is 16.2. The number of carbonyl (C=O) groups excluding carboxylic acids is 2. The molecule has 2 amide bonds. The van der Waals surface area contributed by atoms with Gasteiger partial charge >= 0.3 is 0 Å². The van der Waals surface area contributed by atoms with E-state index in [1.807, 2.05) is 18.7 Å². The second kappa shape index (κ2) is 4.67. The third kappa shape index (κ3) is 2.05. The summed E-state index contributed by atoms with van der Waals surface area (Å²) in [6.07, 6.45) is 3.66. The van der Waals surface area contributed by atoms with Gasteiger partial charge in [0.05, 0.1) is 0 Å². The molecule has 0 aromatic carbocycles. The minimum Gasteiger partial charge on any atom is -0.342 e. The smallest absolute Gasteiger partial charge is 0.238 e. The molecular weight excluding hydrogens is 216 g/mol. The van der Waals surface area contributed by atoms with Crippen molar-refractivity contribution in [2.45, 2.75) is 39.5 Å². The molecule has 1 saturated heterocycles. The number of rotatable bonds is 4. The molecule has 2 fully saturated rings. The Balaban J connectivity index is 2.07. The summed E-state index contributed by atoms with van der Waals surface area (Å²) in [7, 11) is 0. The van der Waals surface area contributed by atoms with Gasteiger partial charge in [-0.2, -0.15) is 0 Å². The van der Waals surface area contributed by atoms with Gasteiger partial charge in [0.2, 0.25) is 11.8 Å². The SMILES string of the molecule is CCN(CC)C(=O)C1(C(=O)N2CCCC2)CC1. The Kier molecular flexibility index (Phi) is 3.40. The lowest BCUT2D eigenvalue weighted by molar-refractivity contribution is -0.148. The van der Waals surface area contributed by atoms with Crippen molar-refractivity contribution in [3.8, 4) is 0 Å². The van der Waals surface area contributed by atoms with Gasteiger partial charge in [-0.15, -0.1) is 0 Å². The molecule has 1 saturated carbocycles. The molecule has 2 aliphatic rings. The largest absolute Gasteiger partial charge is 0.342 e.